The van der Waals surface area contributed by atoms with Crippen molar-refractivity contribution in [2.45, 2.75) is 57.8 Å². The molecule has 2 saturated heterocycles. The van der Waals surface area contributed by atoms with Crippen LogP contribution in [0.4, 0.5) is 5.69 Å². The van der Waals surface area contributed by atoms with Gasteiger partial charge in [-0.25, -0.2) is 9.97 Å². The predicted molar refractivity (Wildman–Crippen MR) is 203 cm³/mol. The first kappa shape index (κ1) is 37.9. The summed E-state index contributed by atoms with van der Waals surface area (Å²) in [6.07, 6.45) is 6.21. The highest BCUT2D eigenvalue weighted by atomic mass is 35.5. The second kappa shape index (κ2) is 17.3. The monoisotopic (exact) mass is 760 g/mol. The lowest BCUT2D eigenvalue weighted by Gasteiger charge is -2.32. The maximum absolute atomic E-state index is 13.5. The van der Waals surface area contributed by atoms with Crippen molar-refractivity contribution >= 4 is 46.6 Å². The molecule has 2 aliphatic rings. The van der Waals surface area contributed by atoms with Gasteiger partial charge in [0.05, 0.1) is 47.5 Å². The maximum Gasteiger partial charge on any atom is 0.274 e. The third kappa shape index (κ3) is 9.05. The Kier molecular flexibility index (Phi) is 12.4. The number of likely N-dealkylation sites (tertiary alicyclic amines) is 1. The van der Waals surface area contributed by atoms with Crippen molar-refractivity contribution in [2.24, 2.45) is 0 Å². The minimum atomic E-state index is -0.450. The van der Waals surface area contributed by atoms with Crippen molar-refractivity contribution < 1.29 is 23.9 Å². The first-order valence-corrected chi connectivity index (χ1v) is 18.2. The number of ether oxygens (including phenoxy) is 2. The summed E-state index contributed by atoms with van der Waals surface area (Å²) in [6.45, 7) is 4.64. The summed E-state index contributed by atoms with van der Waals surface area (Å²) in [7, 11) is 3.12. The van der Waals surface area contributed by atoms with Crippen LogP contribution >= 0.6 is 23.2 Å². The van der Waals surface area contributed by atoms with E-state index < -0.39 is 5.91 Å². The molecule has 1 atom stereocenters. The molecule has 0 aliphatic carbocycles. The lowest BCUT2D eigenvalue weighted by atomic mass is 10.0. The summed E-state index contributed by atoms with van der Waals surface area (Å²) < 4.78 is 11.1. The smallest absolute Gasteiger partial charge is 0.274 e. The van der Waals surface area contributed by atoms with E-state index in [4.69, 9.17) is 37.7 Å². The molecule has 1 aromatic carbocycles. The van der Waals surface area contributed by atoms with Crippen molar-refractivity contribution in [1.82, 2.24) is 35.8 Å². The van der Waals surface area contributed by atoms with Crippen LogP contribution in [-0.4, -0.2) is 83.5 Å². The minimum absolute atomic E-state index is 0.0797. The quantitative estimate of drug-likeness (QED) is 0.142. The molecule has 2 aliphatic heterocycles. The molecule has 0 bridgehead atoms. The zero-order valence-corrected chi connectivity index (χ0v) is 31.3. The number of hydrogen-bond donors (Lipinski definition) is 4. The fourth-order valence-corrected chi connectivity index (χ4v) is 7.13. The Labute approximate surface area is 318 Å². The fraction of sp³-hybridized carbons (Fsp3) is 0.368. The molecular weight excluding hydrogens is 719 g/mol. The van der Waals surface area contributed by atoms with E-state index in [0.29, 0.717) is 84.0 Å². The van der Waals surface area contributed by atoms with Crippen molar-refractivity contribution in [1.29, 1.82) is 0 Å². The zero-order chi connectivity index (χ0) is 37.5. The van der Waals surface area contributed by atoms with Crippen LogP contribution in [0.25, 0.3) is 22.5 Å². The molecule has 53 heavy (non-hydrogen) atoms. The van der Waals surface area contributed by atoms with E-state index in [1.54, 1.807) is 57.7 Å². The summed E-state index contributed by atoms with van der Waals surface area (Å²) in [4.78, 5) is 52.2. The molecule has 0 radical (unpaired) electrons. The van der Waals surface area contributed by atoms with Gasteiger partial charge in [0.15, 0.2) is 0 Å². The standard InChI is InChI=1S/C38H42Cl2N8O5/c1-22(49)48-15-12-25(13-16-48)43-19-24-17-31(44-21-32(24)52-2)37(51)46-30-6-4-5-28(34(30)39)36-35(40)27(11-14-42-36)29-9-7-23(38(47-29)53-3)18-41-20-26-8-10-33(50)45-26/h4-7,9,11,14,17,21,25-26,41,43H,8,10,12-13,15-16,18-20H2,1-3H3,(H,45,50)(H,46,51)/t26-/m1/s1. The van der Waals surface area contributed by atoms with Crippen LogP contribution in [0.2, 0.25) is 10.0 Å². The van der Waals surface area contributed by atoms with Crippen molar-refractivity contribution in [3.05, 3.63) is 81.7 Å². The van der Waals surface area contributed by atoms with Crippen LogP contribution in [0.5, 0.6) is 11.6 Å². The molecule has 3 amide bonds. The van der Waals surface area contributed by atoms with Gasteiger partial charge in [-0.1, -0.05) is 41.4 Å². The number of benzene rings is 1. The van der Waals surface area contributed by atoms with E-state index in [1.165, 1.54) is 6.20 Å². The molecule has 5 heterocycles. The van der Waals surface area contributed by atoms with Gasteiger partial charge in [-0.15, -0.1) is 0 Å². The van der Waals surface area contributed by atoms with Gasteiger partial charge in [-0.2, -0.15) is 0 Å². The first-order valence-electron chi connectivity index (χ1n) is 17.5. The normalized spacial score (nSPS) is 16.0. The molecule has 2 fully saturated rings. The van der Waals surface area contributed by atoms with Gasteiger partial charge >= 0.3 is 0 Å². The Morgan fingerprint density at radius 1 is 0.962 bits per heavy atom. The van der Waals surface area contributed by atoms with E-state index in [1.807, 2.05) is 17.0 Å². The Morgan fingerprint density at radius 3 is 2.49 bits per heavy atom. The summed E-state index contributed by atoms with van der Waals surface area (Å²) in [5, 5.41) is 13.3. The second-order valence-electron chi connectivity index (χ2n) is 13.0. The summed E-state index contributed by atoms with van der Waals surface area (Å²) in [5.41, 5.74) is 4.34. The number of rotatable bonds is 13. The molecule has 0 spiro atoms. The predicted octanol–water partition coefficient (Wildman–Crippen LogP) is 5.25. The average Bonchev–Trinajstić information content (AvgIpc) is 3.59. The van der Waals surface area contributed by atoms with E-state index in [2.05, 4.69) is 31.2 Å². The van der Waals surface area contributed by atoms with Crippen LogP contribution in [0.15, 0.2) is 54.9 Å². The lowest BCUT2D eigenvalue weighted by Crippen LogP contribution is -2.44. The molecule has 3 aromatic heterocycles. The SMILES string of the molecule is COc1cnc(C(=O)Nc2cccc(-c3nccc(-c4ccc(CNC[C@H]5CCC(=O)N5)c(OC)n4)c3Cl)c2Cl)cc1CNC1CCN(C(C)=O)CC1. The van der Waals surface area contributed by atoms with Crippen LogP contribution in [-0.2, 0) is 22.7 Å². The zero-order valence-electron chi connectivity index (χ0n) is 29.8. The van der Waals surface area contributed by atoms with Crippen LogP contribution < -0.4 is 30.7 Å². The topological polar surface area (TPSA) is 160 Å². The van der Waals surface area contributed by atoms with Gasteiger partial charge in [0, 0.05) is 86.6 Å². The number of halogens is 2. The molecule has 6 rings (SSSR count). The van der Waals surface area contributed by atoms with Crippen LogP contribution in [0.1, 0.15) is 54.2 Å². The van der Waals surface area contributed by atoms with E-state index >= 15 is 0 Å². The van der Waals surface area contributed by atoms with Crippen LogP contribution in [0, 0.1) is 0 Å². The minimum Gasteiger partial charge on any atom is -0.495 e. The molecule has 4 N–H and O–H groups in total. The Bertz CT molecular complexity index is 1990. The number of nitrogens with one attached hydrogen (secondary N) is 4. The molecule has 278 valence electrons. The number of pyridine rings is 3. The third-order valence-electron chi connectivity index (χ3n) is 9.51. The van der Waals surface area contributed by atoms with E-state index in [9.17, 15) is 14.4 Å². The summed E-state index contributed by atoms with van der Waals surface area (Å²) in [5.74, 6) is 0.728. The van der Waals surface area contributed by atoms with E-state index in [-0.39, 0.29) is 34.6 Å². The van der Waals surface area contributed by atoms with Crippen LogP contribution in [0.3, 0.4) is 0 Å². The molecular formula is C38H42Cl2N8O5. The van der Waals surface area contributed by atoms with Gasteiger partial charge in [0.25, 0.3) is 5.91 Å². The van der Waals surface area contributed by atoms with Crippen molar-refractivity contribution in [3.8, 4) is 34.1 Å². The number of carbonyl (C=O) groups excluding carboxylic acids is 3. The number of hydrogen-bond acceptors (Lipinski definition) is 10. The third-order valence-corrected chi connectivity index (χ3v) is 10.3. The average molecular weight is 762 g/mol. The highest BCUT2D eigenvalue weighted by Crippen LogP contribution is 2.40. The number of aromatic nitrogens is 3. The molecule has 0 unspecified atom stereocenters. The molecule has 0 saturated carbocycles. The molecule has 4 aromatic rings. The highest BCUT2D eigenvalue weighted by molar-refractivity contribution is 6.39. The second-order valence-corrected chi connectivity index (χ2v) is 13.7. The van der Waals surface area contributed by atoms with Gasteiger partial charge in [0.1, 0.15) is 11.4 Å². The molecule has 15 heteroatoms. The van der Waals surface area contributed by atoms with Gasteiger partial charge < -0.3 is 35.6 Å². The number of amides is 3. The lowest BCUT2D eigenvalue weighted by molar-refractivity contribution is -0.130. The number of anilines is 1. The fourth-order valence-electron chi connectivity index (χ4n) is 6.55. The summed E-state index contributed by atoms with van der Waals surface area (Å²) in [6, 6.07) is 12.8. The highest BCUT2D eigenvalue weighted by Gasteiger charge is 2.23. The van der Waals surface area contributed by atoms with Gasteiger partial charge in [-0.05, 0) is 43.5 Å². The Balaban J connectivity index is 1.15. The summed E-state index contributed by atoms with van der Waals surface area (Å²) >= 11 is 13.9. The molecule has 13 nitrogen and oxygen atoms in total. The first-order chi connectivity index (χ1) is 25.6. The van der Waals surface area contributed by atoms with Crippen molar-refractivity contribution in [3.63, 3.8) is 0 Å². The Hall–Kier alpha value is -4.82. The number of methoxy groups -OCH3 is 2. The van der Waals surface area contributed by atoms with Gasteiger partial charge in [0.2, 0.25) is 17.7 Å². The Morgan fingerprint density at radius 2 is 1.77 bits per heavy atom. The maximum atomic E-state index is 13.5. The number of piperidine rings is 1. The number of nitrogens with zero attached hydrogens (tertiary/aromatic N) is 4. The van der Waals surface area contributed by atoms with Crippen molar-refractivity contribution in [2.75, 3.05) is 39.2 Å². The van der Waals surface area contributed by atoms with Gasteiger partial charge in [-0.3, -0.25) is 19.4 Å². The largest absolute Gasteiger partial charge is 0.495 e. The number of carbonyl (C=O) groups is 3. The van der Waals surface area contributed by atoms with E-state index in [0.717, 1.165) is 30.4 Å².